The predicted molar refractivity (Wildman–Crippen MR) is 109 cm³/mol. The average molecular weight is 427 g/mol. The highest BCUT2D eigenvalue weighted by molar-refractivity contribution is 6.34. The van der Waals surface area contributed by atoms with Crippen LogP contribution in [0, 0.1) is 0 Å². The van der Waals surface area contributed by atoms with E-state index < -0.39 is 0 Å². The lowest BCUT2D eigenvalue weighted by Gasteiger charge is -2.40. The van der Waals surface area contributed by atoms with Gasteiger partial charge in [-0.1, -0.05) is 17.7 Å². The number of hydrogen-bond acceptors (Lipinski definition) is 7. The maximum absolute atomic E-state index is 10.6. The fraction of sp³-hybridized carbons (Fsp3) is 0.524. The first-order valence-corrected chi connectivity index (χ1v) is 9.64. The van der Waals surface area contributed by atoms with Crippen molar-refractivity contribution in [2.75, 3.05) is 42.2 Å². The molecule has 2 aromatic carbocycles. The van der Waals surface area contributed by atoms with Crippen LogP contribution in [-0.4, -0.2) is 65.6 Å². The second kappa shape index (κ2) is 9.36. The predicted octanol–water partition coefficient (Wildman–Crippen LogP) is 3.72. The van der Waals surface area contributed by atoms with Crippen LogP contribution in [-0.2, 0) is 18.9 Å². The second-order valence-electron chi connectivity index (χ2n) is 6.85. The van der Waals surface area contributed by atoms with Crippen molar-refractivity contribution in [2.45, 2.75) is 30.8 Å². The van der Waals surface area contributed by atoms with Crippen molar-refractivity contribution in [3.05, 3.63) is 28.8 Å². The highest BCUT2D eigenvalue weighted by Crippen LogP contribution is 2.48. The Hall–Kier alpha value is -1.77. The molecular formula is C21H27ClO7. The molecule has 1 aliphatic rings. The Balaban J connectivity index is 2.17. The summed E-state index contributed by atoms with van der Waals surface area (Å²) >= 11 is 6.34. The molecule has 1 aliphatic heterocycles. The highest BCUT2D eigenvalue weighted by atomic mass is 35.5. The molecule has 0 radical (unpaired) electrons. The highest BCUT2D eigenvalue weighted by Gasteiger charge is 2.40. The van der Waals surface area contributed by atoms with Gasteiger partial charge in [0.2, 0.25) is 0 Å². The minimum absolute atomic E-state index is 0.0451. The van der Waals surface area contributed by atoms with Gasteiger partial charge in [0, 0.05) is 39.2 Å². The lowest BCUT2D eigenvalue weighted by Crippen LogP contribution is -2.49. The van der Waals surface area contributed by atoms with Gasteiger partial charge in [-0.3, -0.25) is 0 Å². The van der Waals surface area contributed by atoms with Crippen molar-refractivity contribution in [3.63, 3.8) is 0 Å². The molecule has 2 aromatic rings. The van der Waals surface area contributed by atoms with Crippen LogP contribution in [0.5, 0.6) is 17.2 Å². The number of methoxy groups -OCH3 is 5. The topological polar surface area (TPSA) is 75.6 Å². The van der Waals surface area contributed by atoms with Gasteiger partial charge >= 0.3 is 0 Å². The summed E-state index contributed by atoms with van der Waals surface area (Å²) in [4.78, 5) is 0. The molecule has 1 fully saturated rings. The molecule has 7 nitrogen and oxygen atoms in total. The van der Waals surface area contributed by atoms with Crippen molar-refractivity contribution >= 4 is 22.4 Å². The molecule has 0 saturated carbocycles. The molecule has 1 saturated heterocycles. The van der Waals surface area contributed by atoms with E-state index >= 15 is 0 Å². The Labute approximate surface area is 175 Å². The Bertz CT molecular complexity index is 857. The molecule has 0 bridgehead atoms. The molecule has 160 valence electrons. The Morgan fingerprint density at radius 3 is 2.41 bits per heavy atom. The fourth-order valence-electron chi connectivity index (χ4n) is 4.07. The van der Waals surface area contributed by atoms with Crippen molar-refractivity contribution in [1.29, 1.82) is 0 Å². The first-order valence-electron chi connectivity index (χ1n) is 9.26. The van der Waals surface area contributed by atoms with E-state index in [9.17, 15) is 5.11 Å². The SMILES string of the molecule is COC[C@H]1O[C@@H](c2ccc(O)c3c(OC)c(Cl)cc(OC)c23)C[C@@H](OC)[C@@H]1OC. The summed E-state index contributed by atoms with van der Waals surface area (Å²) in [5.41, 5.74) is 0.835. The van der Waals surface area contributed by atoms with Crippen molar-refractivity contribution in [3.8, 4) is 17.2 Å². The van der Waals surface area contributed by atoms with Gasteiger partial charge in [-0.05, 0) is 11.6 Å². The molecule has 29 heavy (non-hydrogen) atoms. The van der Waals surface area contributed by atoms with Gasteiger partial charge < -0.3 is 33.5 Å². The maximum Gasteiger partial charge on any atom is 0.149 e. The molecule has 3 rings (SSSR count). The van der Waals surface area contributed by atoms with Gasteiger partial charge in [-0.2, -0.15) is 0 Å². The first-order chi connectivity index (χ1) is 14.0. The zero-order chi connectivity index (χ0) is 21.1. The van der Waals surface area contributed by atoms with Crippen LogP contribution in [0.2, 0.25) is 5.02 Å². The molecule has 4 atom stereocenters. The monoisotopic (exact) mass is 426 g/mol. The molecule has 0 spiro atoms. The number of ether oxygens (including phenoxy) is 6. The number of phenolic OH excluding ortho intramolecular Hbond substituents is 1. The van der Waals surface area contributed by atoms with Crippen molar-refractivity contribution in [2.24, 2.45) is 0 Å². The van der Waals surface area contributed by atoms with E-state index in [1.807, 2.05) is 6.07 Å². The van der Waals surface area contributed by atoms with Crippen LogP contribution < -0.4 is 9.47 Å². The van der Waals surface area contributed by atoms with E-state index in [4.69, 9.17) is 40.0 Å². The molecule has 0 amide bonds. The minimum Gasteiger partial charge on any atom is -0.507 e. The minimum atomic E-state index is -0.339. The smallest absolute Gasteiger partial charge is 0.149 e. The van der Waals surface area contributed by atoms with Crippen molar-refractivity contribution < 1.29 is 33.5 Å². The third-order valence-electron chi connectivity index (χ3n) is 5.36. The maximum atomic E-state index is 10.6. The Morgan fingerprint density at radius 2 is 1.83 bits per heavy atom. The third kappa shape index (κ3) is 3.98. The van der Waals surface area contributed by atoms with Crippen LogP contribution >= 0.6 is 11.6 Å². The average Bonchev–Trinajstić information content (AvgIpc) is 2.73. The number of rotatable bonds is 7. The summed E-state index contributed by atoms with van der Waals surface area (Å²) in [5.74, 6) is 0.944. The molecular weight excluding hydrogens is 400 g/mol. The molecule has 1 heterocycles. The zero-order valence-corrected chi connectivity index (χ0v) is 18.0. The van der Waals surface area contributed by atoms with Crippen LogP contribution in [0.25, 0.3) is 10.8 Å². The molecule has 0 aromatic heterocycles. The van der Waals surface area contributed by atoms with Gasteiger partial charge in [-0.25, -0.2) is 0 Å². The van der Waals surface area contributed by atoms with E-state index in [0.717, 1.165) is 5.56 Å². The van der Waals surface area contributed by atoms with Gasteiger partial charge in [-0.15, -0.1) is 0 Å². The number of benzene rings is 2. The van der Waals surface area contributed by atoms with Crippen LogP contribution in [0.3, 0.4) is 0 Å². The lowest BCUT2D eigenvalue weighted by atomic mass is 9.90. The van der Waals surface area contributed by atoms with Crippen LogP contribution in [0.15, 0.2) is 18.2 Å². The Morgan fingerprint density at radius 1 is 1.07 bits per heavy atom. The number of halogens is 1. The zero-order valence-electron chi connectivity index (χ0n) is 17.2. The third-order valence-corrected chi connectivity index (χ3v) is 5.64. The van der Waals surface area contributed by atoms with Gasteiger partial charge in [0.1, 0.15) is 29.5 Å². The van der Waals surface area contributed by atoms with Crippen molar-refractivity contribution in [1.82, 2.24) is 0 Å². The summed E-state index contributed by atoms with van der Waals surface area (Å²) in [5, 5.41) is 12.1. The number of hydrogen-bond donors (Lipinski definition) is 1. The number of aromatic hydroxyl groups is 1. The largest absolute Gasteiger partial charge is 0.507 e. The molecule has 1 N–H and O–H groups in total. The normalized spacial score (nSPS) is 24.6. The summed E-state index contributed by atoms with van der Waals surface area (Å²) in [6.07, 6.45) is -0.552. The van der Waals surface area contributed by atoms with Crippen LogP contribution in [0.4, 0.5) is 0 Å². The summed E-state index contributed by atoms with van der Waals surface area (Å²) in [6, 6.07) is 5.10. The lowest BCUT2D eigenvalue weighted by molar-refractivity contribution is -0.200. The summed E-state index contributed by atoms with van der Waals surface area (Å²) < 4.78 is 34.0. The van der Waals surface area contributed by atoms with Crippen LogP contribution in [0.1, 0.15) is 18.1 Å². The van der Waals surface area contributed by atoms with Gasteiger partial charge in [0.05, 0.1) is 43.4 Å². The molecule has 8 heteroatoms. The Kier molecular flexibility index (Phi) is 7.08. The summed E-state index contributed by atoms with van der Waals surface area (Å²) in [6.45, 7) is 0.358. The van der Waals surface area contributed by atoms with E-state index in [-0.39, 0.29) is 30.2 Å². The molecule has 0 unspecified atom stereocenters. The first kappa shape index (κ1) is 21.9. The van der Waals surface area contributed by atoms with Gasteiger partial charge in [0.25, 0.3) is 0 Å². The van der Waals surface area contributed by atoms with Gasteiger partial charge in [0.15, 0.2) is 0 Å². The number of phenols is 1. The fourth-order valence-corrected chi connectivity index (χ4v) is 4.34. The molecule has 0 aliphatic carbocycles. The second-order valence-corrected chi connectivity index (χ2v) is 7.25. The summed E-state index contributed by atoms with van der Waals surface area (Å²) in [7, 11) is 7.97. The number of fused-ring (bicyclic) bond motifs is 1. The van der Waals surface area contributed by atoms with E-state index in [1.165, 1.54) is 7.11 Å². The van der Waals surface area contributed by atoms with E-state index in [0.29, 0.717) is 40.3 Å². The van der Waals surface area contributed by atoms with E-state index in [1.54, 1.807) is 40.6 Å². The standard InChI is InChI=1S/C21H27ClO7/c1-24-10-17-21(28-5)16(26-3)9-14(29-17)11-6-7-13(23)19-18(11)15(25-2)8-12(22)20(19)27-4/h6-8,14,16-17,21,23H,9-10H2,1-5H3/t14-,16-,17-,21+/m1/s1. The van der Waals surface area contributed by atoms with E-state index in [2.05, 4.69) is 0 Å². The quantitative estimate of drug-likeness (QED) is 0.723.